The molecule has 0 N–H and O–H groups in total. The molecule has 136 valence electrons. The molecule has 0 aliphatic rings. The van der Waals surface area contributed by atoms with Crippen LogP contribution in [0.15, 0.2) is 48.5 Å². The molecule has 0 aliphatic heterocycles. The number of ketones is 1. The Bertz CT molecular complexity index is 811. The Morgan fingerprint density at radius 2 is 1.73 bits per heavy atom. The van der Waals surface area contributed by atoms with E-state index in [9.17, 15) is 14.0 Å². The Kier molecular flexibility index (Phi) is 6.49. The monoisotopic (exact) mass is 358 g/mol. The SMILES string of the molecule is COc1ccc(OC)c(/C=C/C(=O)O[C@H](C)C(=O)c2ccc(F)cc2)c1. The molecule has 0 amide bonds. The van der Waals surface area contributed by atoms with Crippen LogP contribution in [0.1, 0.15) is 22.8 Å². The number of carbonyl (C=O) groups excluding carboxylic acids is 2. The van der Waals surface area contributed by atoms with Crippen LogP contribution >= 0.6 is 0 Å². The van der Waals surface area contributed by atoms with Gasteiger partial charge >= 0.3 is 5.97 Å². The minimum atomic E-state index is -0.996. The number of rotatable bonds is 7. The highest BCUT2D eigenvalue weighted by molar-refractivity contribution is 6.01. The molecular formula is C20H19FO5. The lowest BCUT2D eigenvalue weighted by Crippen LogP contribution is -2.23. The van der Waals surface area contributed by atoms with Crippen molar-refractivity contribution < 1.29 is 28.2 Å². The lowest BCUT2D eigenvalue weighted by Gasteiger charge is -2.11. The molecule has 5 nitrogen and oxygen atoms in total. The summed E-state index contributed by atoms with van der Waals surface area (Å²) in [5.74, 6) is -0.367. The Hall–Kier alpha value is -3.15. The summed E-state index contributed by atoms with van der Waals surface area (Å²) in [5.41, 5.74) is 0.895. The van der Waals surface area contributed by atoms with Gasteiger partial charge < -0.3 is 14.2 Å². The van der Waals surface area contributed by atoms with Crippen LogP contribution in [0.2, 0.25) is 0 Å². The van der Waals surface area contributed by atoms with Crippen LogP contribution in [0, 0.1) is 5.82 Å². The first-order chi connectivity index (χ1) is 12.4. The molecule has 6 heteroatoms. The molecule has 0 radical (unpaired) electrons. The van der Waals surface area contributed by atoms with E-state index in [1.807, 2.05) is 0 Å². The smallest absolute Gasteiger partial charge is 0.331 e. The second-order valence-electron chi connectivity index (χ2n) is 5.39. The predicted molar refractivity (Wildman–Crippen MR) is 94.9 cm³/mol. The zero-order valence-corrected chi connectivity index (χ0v) is 14.7. The number of hydrogen-bond acceptors (Lipinski definition) is 5. The molecular weight excluding hydrogens is 339 g/mol. The van der Waals surface area contributed by atoms with Gasteiger partial charge in [-0.15, -0.1) is 0 Å². The van der Waals surface area contributed by atoms with Crippen molar-refractivity contribution in [1.29, 1.82) is 0 Å². The van der Waals surface area contributed by atoms with E-state index in [2.05, 4.69) is 0 Å². The minimum absolute atomic E-state index is 0.269. The van der Waals surface area contributed by atoms with Crippen molar-refractivity contribution in [2.75, 3.05) is 14.2 Å². The fourth-order valence-corrected chi connectivity index (χ4v) is 2.24. The van der Waals surface area contributed by atoms with Crippen LogP contribution in [0.25, 0.3) is 6.08 Å². The van der Waals surface area contributed by atoms with Crippen molar-refractivity contribution >= 4 is 17.8 Å². The lowest BCUT2D eigenvalue weighted by atomic mass is 10.1. The van der Waals surface area contributed by atoms with Crippen LogP contribution in [-0.2, 0) is 9.53 Å². The Morgan fingerprint density at radius 3 is 2.35 bits per heavy atom. The normalized spacial score (nSPS) is 11.8. The highest BCUT2D eigenvalue weighted by atomic mass is 19.1. The third-order valence-electron chi connectivity index (χ3n) is 3.63. The van der Waals surface area contributed by atoms with E-state index in [0.717, 1.165) is 0 Å². The fraction of sp³-hybridized carbons (Fsp3) is 0.200. The van der Waals surface area contributed by atoms with E-state index in [0.29, 0.717) is 17.1 Å². The summed E-state index contributed by atoms with van der Waals surface area (Å²) in [6, 6.07) is 10.2. The average Bonchev–Trinajstić information content (AvgIpc) is 2.66. The maximum absolute atomic E-state index is 12.9. The van der Waals surface area contributed by atoms with Gasteiger partial charge in [-0.05, 0) is 55.5 Å². The Balaban J connectivity index is 2.04. The Morgan fingerprint density at radius 1 is 1.04 bits per heavy atom. The van der Waals surface area contributed by atoms with E-state index in [1.165, 1.54) is 57.6 Å². The zero-order valence-electron chi connectivity index (χ0n) is 14.7. The van der Waals surface area contributed by atoms with E-state index in [4.69, 9.17) is 14.2 Å². The van der Waals surface area contributed by atoms with Gasteiger partial charge in [0.1, 0.15) is 17.3 Å². The molecule has 0 saturated carbocycles. The summed E-state index contributed by atoms with van der Waals surface area (Å²) < 4.78 is 28.4. The van der Waals surface area contributed by atoms with Crippen molar-refractivity contribution in [3.05, 3.63) is 65.5 Å². The predicted octanol–water partition coefficient (Wildman–Crippen LogP) is 3.67. The van der Waals surface area contributed by atoms with Crippen LogP contribution in [-0.4, -0.2) is 32.1 Å². The molecule has 0 heterocycles. The number of hydrogen-bond donors (Lipinski definition) is 0. The highest BCUT2D eigenvalue weighted by Crippen LogP contribution is 2.25. The molecule has 26 heavy (non-hydrogen) atoms. The number of benzene rings is 2. The zero-order chi connectivity index (χ0) is 19.1. The molecule has 1 atom stereocenters. The first kappa shape index (κ1) is 19.2. The third-order valence-corrected chi connectivity index (χ3v) is 3.63. The van der Waals surface area contributed by atoms with Crippen molar-refractivity contribution in [3.8, 4) is 11.5 Å². The Labute approximate surface area is 151 Å². The molecule has 0 saturated heterocycles. The van der Waals surface area contributed by atoms with Crippen LogP contribution in [0.3, 0.4) is 0 Å². The number of ether oxygens (including phenoxy) is 3. The van der Waals surface area contributed by atoms with Crippen molar-refractivity contribution in [2.24, 2.45) is 0 Å². The highest BCUT2D eigenvalue weighted by Gasteiger charge is 2.18. The molecule has 0 unspecified atom stereocenters. The van der Waals surface area contributed by atoms with Crippen molar-refractivity contribution in [3.63, 3.8) is 0 Å². The average molecular weight is 358 g/mol. The second kappa shape index (κ2) is 8.80. The van der Waals surface area contributed by atoms with E-state index >= 15 is 0 Å². The summed E-state index contributed by atoms with van der Waals surface area (Å²) >= 11 is 0. The molecule has 0 aromatic heterocycles. The number of methoxy groups -OCH3 is 2. The summed E-state index contributed by atoms with van der Waals surface area (Å²) in [4.78, 5) is 24.2. The summed E-state index contributed by atoms with van der Waals surface area (Å²) in [7, 11) is 3.05. The topological polar surface area (TPSA) is 61.8 Å². The van der Waals surface area contributed by atoms with E-state index in [1.54, 1.807) is 18.2 Å². The number of Topliss-reactive ketones (excluding diaryl/α,β-unsaturated/α-hetero) is 1. The fourth-order valence-electron chi connectivity index (χ4n) is 2.24. The van der Waals surface area contributed by atoms with Gasteiger partial charge in [0.25, 0.3) is 0 Å². The number of esters is 1. The van der Waals surface area contributed by atoms with Crippen molar-refractivity contribution in [1.82, 2.24) is 0 Å². The summed E-state index contributed by atoms with van der Waals surface area (Å²) in [5, 5.41) is 0. The first-order valence-corrected chi connectivity index (χ1v) is 7.85. The van der Waals surface area contributed by atoms with Gasteiger partial charge in [-0.3, -0.25) is 4.79 Å². The molecule has 2 aromatic carbocycles. The van der Waals surface area contributed by atoms with Gasteiger partial charge in [-0.1, -0.05) is 0 Å². The lowest BCUT2D eigenvalue weighted by molar-refractivity contribution is -0.140. The minimum Gasteiger partial charge on any atom is -0.497 e. The molecule has 2 aromatic rings. The molecule has 0 aliphatic carbocycles. The number of halogens is 1. The maximum atomic E-state index is 12.9. The maximum Gasteiger partial charge on any atom is 0.331 e. The van der Waals surface area contributed by atoms with Gasteiger partial charge in [-0.2, -0.15) is 0 Å². The van der Waals surface area contributed by atoms with E-state index in [-0.39, 0.29) is 5.56 Å². The van der Waals surface area contributed by atoms with Gasteiger partial charge in [0.15, 0.2) is 6.10 Å². The van der Waals surface area contributed by atoms with Gasteiger partial charge in [0.05, 0.1) is 14.2 Å². The quantitative estimate of drug-likeness (QED) is 0.429. The van der Waals surface area contributed by atoms with E-state index < -0.39 is 23.7 Å². The molecule has 0 spiro atoms. The number of carbonyl (C=O) groups is 2. The van der Waals surface area contributed by atoms with Gasteiger partial charge in [-0.25, -0.2) is 9.18 Å². The van der Waals surface area contributed by atoms with Crippen LogP contribution < -0.4 is 9.47 Å². The molecule has 2 rings (SSSR count). The van der Waals surface area contributed by atoms with Gasteiger partial charge in [0, 0.05) is 17.2 Å². The van der Waals surface area contributed by atoms with Crippen LogP contribution in [0.5, 0.6) is 11.5 Å². The molecule has 0 bridgehead atoms. The first-order valence-electron chi connectivity index (χ1n) is 7.85. The second-order valence-corrected chi connectivity index (χ2v) is 5.39. The van der Waals surface area contributed by atoms with Crippen molar-refractivity contribution in [2.45, 2.75) is 13.0 Å². The standard InChI is InChI=1S/C20H19FO5/c1-13(20(23)14-4-7-16(21)8-5-14)26-19(22)11-6-15-12-17(24-2)9-10-18(15)25-3/h4-13H,1-3H3/b11-6+/t13-/m1/s1. The van der Waals surface area contributed by atoms with Gasteiger partial charge in [0.2, 0.25) is 5.78 Å². The third kappa shape index (κ3) is 4.92. The van der Waals surface area contributed by atoms with Crippen LogP contribution in [0.4, 0.5) is 4.39 Å². The summed E-state index contributed by atoms with van der Waals surface area (Å²) in [6.45, 7) is 1.46. The summed E-state index contributed by atoms with van der Waals surface area (Å²) in [6.07, 6.45) is 1.72. The largest absolute Gasteiger partial charge is 0.497 e. The molecule has 0 fully saturated rings.